The van der Waals surface area contributed by atoms with Gasteiger partial charge in [0, 0.05) is 12.8 Å². The van der Waals surface area contributed by atoms with Crippen LogP contribution in [-0.2, 0) is 14.3 Å². The first-order chi connectivity index (χ1) is 26.7. The first-order valence-electron chi connectivity index (χ1n) is 24.3. The normalized spacial score (nSPS) is 11.5. The maximum Gasteiger partial charge on any atom is 0.305 e. The Hall–Kier alpha value is -1.29. The summed E-state index contributed by atoms with van der Waals surface area (Å²) in [6, 6.07) is 0. The number of rotatable bonds is 46. The van der Waals surface area contributed by atoms with Crippen molar-refractivity contribution < 1.29 is 19.4 Å². The number of aliphatic carboxylic acids is 1. The van der Waals surface area contributed by atoms with Crippen LogP contribution in [0, 0.1) is 0 Å². The zero-order chi connectivity index (χ0) is 39.1. The van der Waals surface area contributed by atoms with Crippen LogP contribution in [0.25, 0.3) is 0 Å². The third-order valence-corrected chi connectivity index (χ3v) is 11.1. The third-order valence-electron chi connectivity index (χ3n) is 11.1. The molecule has 0 fully saturated rings. The molecule has 0 aromatic rings. The molecule has 1 N–H and O–H groups in total. The summed E-state index contributed by atoms with van der Waals surface area (Å²) >= 11 is 0. The minimum atomic E-state index is -0.654. The Balaban J connectivity index is 0. The van der Waals surface area contributed by atoms with Gasteiger partial charge in [-0.15, -0.1) is 12.4 Å². The van der Waals surface area contributed by atoms with Crippen LogP contribution >= 0.6 is 12.4 Å². The lowest BCUT2D eigenvalue weighted by Gasteiger charge is -2.05. The third kappa shape index (κ3) is 52.7. The van der Waals surface area contributed by atoms with Crippen molar-refractivity contribution in [2.24, 2.45) is 0 Å². The van der Waals surface area contributed by atoms with E-state index in [4.69, 9.17) is 9.84 Å². The quantitative estimate of drug-likeness (QED) is 0.0379. The van der Waals surface area contributed by atoms with Gasteiger partial charge in [0.05, 0.1) is 6.61 Å². The number of carboxylic acid groups (broad SMARTS) is 1. The molecule has 0 heterocycles. The standard InChI is InChI=1S/C50H94O4.ClH/c1-2-3-4-5-6-7-8-9-10-22-26-29-32-35-38-41-44-47-50(53)54-48-45-42-39-36-33-30-27-24-21-19-17-15-13-11-12-14-16-18-20-23-25-28-31-34-37-40-43-46-49(51)52;/h9-10,26,29H,2-8,11-25,27-28,30-48H2,1H3,(H,51,52);1H. The Morgan fingerprint density at radius 3 is 1.02 bits per heavy atom. The number of esters is 1. The summed E-state index contributed by atoms with van der Waals surface area (Å²) in [5.74, 6) is -0.651. The van der Waals surface area contributed by atoms with Crippen LogP contribution in [0.4, 0.5) is 0 Å². The first-order valence-corrected chi connectivity index (χ1v) is 24.3. The Labute approximate surface area is 350 Å². The highest BCUT2D eigenvalue weighted by Gasteiger charge is 2.03. The molecule has 4 nitrogen and oxygen atoms in total. The fourth-order valence-corrected chi connectivity index (χ4v) is 7.49. The van der Waals surface area contributed by atoms with Gasteiger partial charge in [0.15, 0.2) is 0 Å². The van der Waals surface area contributed by atoms with Crippen molar-refractivity contribution in [2.45, 2.75) is 277 Å². The van der Waals surface area contributed by atoms with Crippen molar-refractivity contribution in [1.29, 1.82) is 0 Å². The maximum atomic E-state index is 12.0. The lowest BCUT2D eigenvalue weighted by Crippen LogP contribution is -2.05. The molecule has 0 saturated heterocycles. The highest BCUT2D eigenvalue weighted by Crippen LogP contribution is 2.17. The average Bonchev–Trinajstić information content (AvgIpc) is 3.16. The van der Waals surface area contributed by atoms with E-state index in [9.17, 15) is 9.59 Å². The molecule has 326 valence electrons. The molecule has 0 aliphatic heterocycles. The van der Waals surface area contributed by atoms with E-state index in [0.717, 1.165) is 44.9 Å². The molecule has 55 heavy (non-hydrogen) atoms. The molecule has 0 aromatic heterocycles. The Morgan fingerprint density at radius 2 is 0.673 bits per heavy atom. The number of hydrogen-bond acceptors (Lipinski definition) is 3. The zero-order valence-electron chi connectivity index (χ0n) is 36.8. The van der Waals surface area contributed by atoms with Gasteiger partial charge >= 0.3 is 11.9 Å². The van der Waals surface area contributed by atoms with Crippen molar-refractivity contribution in [3.8, 4) is 0 Å². The molecule has 0 radical (unpaired) electrons. The summed E-state index contributed by atoms with van der Waals surface area (Å²) in [6.07, 6.45) is 62.4. The Morgan fingerprint density at radius 1 is 0.382 bits per heavy atom. The molecule has 0 spiro atoms. The lowest BCUT2D eigenvalue weighted by molar-refractivity contribution is -0.144. The highest BCUT2D eigenvalue weighted by molar-refractivity contribution is 5.85. The molecule has 0 saturated carbocycles. The van der Waals surface area contributed by atoms with Crippen LogP contribution in [0.2, 0.25) is 0 Å². The minimum absolute atomic E-state index is 0. The summed E-state index contributed by atoms with van der Waals surface area (Å²) < 4.78 is 5.47. The fraction of sp³-hybridized carbons (Fsp3) is 0.880. The molecule has 0 unspecified atom stereocenters. The number of carbonyl (C=O) groups is 2. The van der Waals surface area contributed by atoms with Gasteiger partial charge in [-0.2, -0.15) is 0 Å². The number of carboxylic acids is 1. The molecule has 0 aliphatic rings. The zero-order valence-corrected chi connectivity index (χ0v) is 37.6. The molecular formula is C50H95ClO4. The maximum absolute atomic E-state index is 12.0. The topological polar surface area (TPSA) is 63.6 Å². The highest BCUT2D eigenvalue weighted by atomic mass is 35.5. The Kier molecular flexibility index (Phi) is 51.5. The molecule has 0 aromatic carbocycles. The van der Waals surface area contributed by atoms with Gasteiger partial charge in [0.1, 0.15) is 0 Å². The monoisotopic (exact) mass is 795 g/mol. The SMILES string of the molecule is CCCCCCCCC=CCC=CCCCCCCC(=O)OCCCCCCCCCCCCCCCCCCCCCCCCCCCCCC(=O)O.Cl. The number of carbonyl (C=O) groups excluding carboxylic acids is 1. The van der Waals surface area contributed by atoms with Crippen molar-refractivity contribution in [2.75, 3.05) is 6.61 Å². The summed E-state index contributed by atoms with van der Waals surface area (Å²) in [7, 11) is 0. The van der Waals surface area contributed by atoms with Gasteiger partial charge in [-0.1, -0.05) is 237 Å². The average molecular weight is 796 g/mol. The van der Waals surface area contributed by atoms with E-state index < -0.39 is 5.97 Å². The molecule has 5 heteroatoms. The van der Waals surface area contributed by atoms with E-state index in [-0.39, 0.29) is 18.4 Å². The largest absolute Gasteiger partial charge is 0.481 e. The number of halogens is 1. The predicted octanol–water partition coefficient (Wildman–Crippen LogP) is 17.6. The first kappa shape index (κ1) is 55.8. The summed E-state index contributed by atoms with van der Waals surface area (Å²) in [4.78, 5) is 22.5. The van der Waals surface area contributed by atoms with Crippen LogP contribution in [-0.4, -0.2) is 23.7 Å². The second-order valence-corrected chi connectivity index (χ2v) is 16.6. The predicted molar refractivity (Wildman–Crippen MR) is 244 cm³/mol. The van der Waals surface area contributed by atoms with E-state index in [1.165, 1.54) is 212 Å². The second-order valence-electron chi connectivity index (χ2n) is 16.6. The van der Waals surface area contributed by atoms with Crippen LogP contribution in [0.5, 0.6) is 0 Å². The van der Waals surface area contributed by atoms with Gasteiger partial charge in [-0.05, 0) is 51.4 Å². The smallest absolute Gasteiger partial charge is 0.305 e. The molecule has 0 rings (SSSR count). The number of hydrogen-bond donors (Lipinski definition) is 1. The van der Waals surface area contributed by atoms with Crippen molar-refractivity contribution in [3.05, 3.63) is 24.3 Å². The van der Waals surface area contributed by atoms with Crippen LogP contribution in [0.15, 0.2) is 24.3 Å². The number of ether oxygens (including phenoxy) is 1. The van der Waals surface area contributed by atoms with Crippen molar-refractivity contribution in [1.82, 2.24) is 0 Å². The summed E-state index contributed by atoms with van der Waals surface area (Å²) in [6.45, 7) is 2.89. The van der Waals surface area contributed by atoms with Crippen molar-refractivity contribution >= 4 is 24.3 Å². The van der Waals surface area contributed by atoms with E-state index in [1.54, 1.807) is 0 Å². The van der Waals surface area contributed by atoms with Gasteiger partial charge in [-0.3, -0.25) is 9.59 Å². The Bertz CT molecular complexity index is 810. The van der Waals surface area contributed by atoms with Crippen LogP contribution in [0.1, 0.15) is 277 Å². The molecule has 0 aliphatic carbocycles. The van der Waals surface area contributed by atoms with E-state index >= 15 is 0 Å². The van der Waals surface area contributed by atoms with Crippen molar-refractivity contribution in [3.63, 3.8) is 0 Å². The number of unbranched alkanes of at least 4 members (excludes halogenated alkanes) is 36. The van der Waals surface area contributed by atoms with E-state index in [2.05, 4.69) is 31.2 Å². The molecule has 0 amide bonds. The molecule has 0 atom stereocenters. The van der Waals surface area contributed by atoms with Gasteiger partial charge in [-0.25, -0.2) is 0 Å². The summed E-state index contributed by atoms with van der Waals surface area (Å²) in [5, 5.41) is 8.66. The fourth-order valence-electron chi connectivity index (χ4n) is 7.49. The van der Waals surface area contributed by atoms with Gasteiger partial charge in [0.2, 0.25) is 0 Å². The van der Waals surface area contributed by atoms with E-state index in [1.807, 2.05) is 0 Å². The summed E-state index contributed by atoms with van der Waals surface area (Å²) in [5.41, 5.74) is 0. The van der Waals surface area contributed by atoms with Crippen LogP contribution < -0.4 is 0 Å². The molecular weight excluding hydrogens is 700 g/mol. The van der Waals surface area contributed by atoms with Crippen LogP contribution in [0.3, 0.4) is 0 Å². The molecule has 0 bridgehead atoms. The van der Waals surface area contributed by atoms with Gasteiger partial charge < -0.3 is 9.84 Å². The van der Waals surface area contributed by atoms with Gasteiger partial charge in [0.25, 0.3) is 0 Å². The number of allylic oxidation sites excluding steroid dienone is 4. The second kappa shape index (κ2) is 50.7. The lowest BCUT2D eigenvalue weighted by atomic mass is 10.0. The van der Waals surface area contributed by atoms with E-state index in [0.29, 0.717) is 19.4 Å². The minimum Gasteiger partial charge on any atom is -0.481 e.